The fourth-order valence-electron chi connectivity index (χ4n) is 10.4. The molecule has 6 heterocycles. The van der Waals surface area contributed by atoms with E-state index in [0.717, 1.165) is 104 Å². The van der Waals surface area contributed by atoms with Crippen molar-refractivity contribution < 1.29 is 19.1 Å². The fourth-order valence-corrected chi connectivity index (χ4v) is 10.4. The zero-order valence-corrected chi connectivity index (χ0v) is 34.6. The molecule has 3 aromatic heterocycles. The second-order valence-electron chi connectivity index (χ2n) is 17.5. The lowest BCUT2D eigenvalue weighted by Gasteiger charge is -2.48. The highest BCUT2D eigenvalue weighted by atomic mass is 16.5. The number of benzene rings is 2. The lowest BCUT2D eigenvalue weighted by atomic mass is 9.71. The highest BCUT2D eigenvalue weighted by molar-refractivity contribution is 6.06. The van der Waals surface area contributed by atoms with Gasteiger partial charge in [-0.2, -0.15) is 10.4 Å². The summed E-state index contributed by atoms with van der Waals surface area (Å²) in [6.45, 7) is 7.37. The predicted octanol–water partition coefficient (Wildman–Crippen LogP) is 5.62. The first-order chi connectivity index (χ1) is 29.0. The molecule has 4 aliphatic rings. The van der Waals surface area contributed by atoms with Crippen molar-refractivity contribution in [2.24, 2.45) is 18.4 Å². The van der Waals surface area contributed by atoms with E-state index in [-0.39, 0.29) is 23.9 Å². The van der Waals surface area contributed by atoms with Crippen molar-refractivity contribution in [1.82, 2.24) is 34.1 Å². The smallest absolute Gasteiger partial charge is 0.329 e. The molecule has 5 aromatic rings. The molecular weight excluding hydrogens is 761 g/mol. The Hall–Kier alpha value is -6.01. The molecule has 0 radical (unpaired) electrons. The summed E-state index contributed by atoms with van der Waals surface area (Å²) in [7, 11) is 3.36. The summed E-state index contributed by atoms with van der Waals surface area (Å²) in [6.07, 6.45) is 14.6. The standard InChI is InChI=1S/C45H52N10O5/c1-28-4-9-36-41(51(2)44(59)55(36)37-10-11-39(56)49-43(37)58)40(28)53-18-14-45(15-19-53)12-16-52(17-13-45)26-29-5-7-33(8-6-29)54-27-32-21-35(38(60-3)22-34(32)50-54)48-42(57)31-20-30(23-46)24-47-25-31/h4,9,20-22,24-25,27,29,33,37H,5-8,10-19,26H2,1-3H3,(H,48,57)(H,49,56,58). The molecule has 1 unspecified atom stereocenters. The number of nitrogens with one attached hydrogen (secondary N) is 2. The van der Waals surface area contributed by atoms with Gasteiger partial charge in [-0.15, -0.1) is 0 Å². The van der Waals surface area contributed by atoms with Crippen LogP contribution in [0.4, 0.5) is 11.4 Å². The Labute approximate surface area is 348 Å². The molecule has 15 nitrogen and oxygen atoms in total. The van der Waals surface area contributed by atoms with Crippen molar-refractivity contribution in [2.45, 2.75) is 83.2 Å². The maximum atomic E-state index is 13.6. The summed E-state index contributed by atoms with van der Waals surface area (Å²) in [6, 6.07) is 10.9. The van der Waals surface area contributed by atoms with Gasteiger partial charge in [0, 0.05) is 63.1 Å². The molecule has 4 fully saturated rings. The number of nitriles is 1. The second kappa shape index (κ2) is 15.9. The Kier molecular flexibility index (Phi) is 10.4. The second-order valence-corrected chi connectivity index (χ2v) is 17.5. The molecule has 3 saturated heterocycles. The van der Waals surface area contributed by atoms with Gasteiger partial charge in [-0.3, -0.25) is 38.5 Å². The van der Waals surface area contributed by atoms with Crippen LogP contribution in [0, 0.1) is 29.6 Å². The van der Waals surface area contributed by atoms with Crippen LogP contribution >= 0.6 is 0 Å². The summed E-state index contributed by atoms with van der Waals surface area (Å²) in [4.78, 5) is 60.4. The molecule has 9 rings (SSSR count). The third kappa shape index (κ3) is 7.31. The molecule has 15 heteroatoms. The van der Waals surface area contributed by atoms with E-state index in [1.54, 1.807) is 23.3 Å². The zero-order chi connectivity index (χ0) is 41.7. The summed E-state index contributed by atoms with van der Waals surface area (Å²) >= 11 is 0. The molecule has 2 N–H and O–H groups in total. The van der Waals surface area contributed by atoms with Crippen LogP contribution in [0.15, 0.2) is 53.7 Å². The maximum absolute atomic E-state index is 13.6. The van der Waals surface area contributed by atoms with Gasteiger partial charge in [-0.25, -0.2) is 4.79 Å². The summed E-state index contributed by atoms with van der Waals surface area (Å²) in [5.41, 5.74) is 5.88. The highest BCUT2D eigenvalue weighted by Crippen LogP contribution is 2.45. The molecule has 1 aliphatic carbocycles. The number of ether oxygens (including phenoxy) is 1. The van der Waals surface area contributed by atoms with Gasteiger partial charge in [0.2, 0.25) is 11.8 Å². The van der Waals surface area contributed by atoms with E-state index < -0.39 is 11.9 Å². The molecule has 0 bridgehead atoms. The minimum atomic E-state index is -0.694. The average Bonchev–Trinajstić information content (AvgIpc) is 3.79. The molecule has 2 aromatic carbocycles. The molecule has 1 saturated carbocycles. The molecule has 3 amide bonds. The van der Waals surface area contributed by atoms with E-state index >= 15 is 0 Å². The number of carbonyl (C=O) groups is 3. The van der Waals surface area contributed by atoms with Crippen molar-refractivity contribution in [3.05, 3.63) is 76.1 Å². The molecule has 312 valence electrons. The van der Waals surface area contributed by atoms with Crippen molar-refractivity contribution >= 4 is 51.0 Å². The van der Waals surface area contributed by atoms with E-state index in [1.165, 1.54) is 31.3 Å². The minimum Gasteiger partial charge on any atom is -0.494 e. The van der Waals surface area contributed by atoms with Crippen LogP contribution in [-0.4, -0.2) is 86.4 Å². The zero-order valence-electron chi connectivity index (χ0n) is 34.6. The van der Waals surface area contributed by atoms with Gasteiger partial charge in [0.1, 0.15) is 17.9 Å². The quantitative estimate of drug-likeness (QED) is 0.188. The van der Waals surface area contributed by atoms with Gasteiger partial charge in [0.15, 0.2) is 0 Å². The van der Waals surface area contributed by atoms with Crippen molar-refractivity contribution in [3.8, 4) is 11.8 Å². The SMILES string of the molecule is COc1cc2nn(C3CCC(CN4CCC5(CC4)CCN(c4c(C)ccc6c4n(C)c(=O)n6C4CCC(=O)NC4=O)CC5)CC3)cc2cc1NC(=O)c1cncc(C#N)c1. The Morgan fingerprint density at radius 1 is 1.00 bits per heavy atom. The van der Waals surface area contributed by atoms with Crippen molar-refractivity contribution in [1.29, 1.82) is 5.26 Å². The van der Waals surface area contributed by atoms with Crippen molar-refractivity contribution in [2.75, 3.05) is 50.1 Å². The highest BCUT2D eigenvalue weighted by Gasteiger charge is 2.40. The number of methoxy groups -OCH3 is 1. The average molecular weight is 813 g/mol. The number of pyridine rings is 1. The molecule has 1 atom stereocenters. The third-order valence-corrected chi connectivity index (χ3v) is 13.9. The Balaban J connectivity index is 0.786. The lowest BCUT2D eigenvalue weighted by Crippen LogP contribution is -2.48. The van der Waals surface area contributed by atoms with Crippen LogP contribution in [-0.2, 0) is 16.6 Å². The van der Waals surface area contributed by atoms with Gasteiger partial charge in [0.05, 0.1) is 52.2 Å². The number of nitrogens with zero attached hydrogens (tertiary/aromatic N) is 8. The topological polar surface area (TPSA) is 172 Å². The number of imide groups is 1. The van der Waals surface area contributed by atoms with E-state index in [9.17, 15) is 24.4 Å². The molecule has 3 aliphatic heterocycles. The number of carbonyl (C=O) groups excluding carboxylic acids is 3. The minimum absolute atomic E-state index is 0.223. The van der Waals surface area contributed by atoms with Gasteiger partial charge < -0.3 is 19.9 Å². The number of hydrogen-bond donors (Lipinski definition) is 2. The monoisotopic (exact) mass is 812 g/mol. The maximum Gasteiger partial charge on any atom is 0.329 e. The number of likely N-dealkylation sites (tertiary alicyclic amines) is 1. The first-order valence-electron chi connectivity index (χ1n) is 21.3. The number of piperidine rings is 3. The number of rotatable bonds is 8. The number of imidazole rings is 1. The van der Waals surface area contributed by atoms with Crippen LogP contribution in [0.2, 0.25) is 0 Å². The summed E-state index contributed by atoms with van der Waals surface area (Å²) < 4.78 is 11.0. The van der Waals surface area contributed by atoms with Crippen LogP contribution in [0.1, 0.15) is 97.8 Å². The predicted molar refractivity (Wildman–Crippen MR) is 227 cm³/mol. The third-order valence-electron chi connectivity index (χ3n) is 13.9. The molecule has 1 spiro atoms. The number of anilines is 2. The van der Waals surface area contributed by atoms with Crippen LogP contribution < -0.4 is 26.0 Å². The van der Waals surface area contributed by atoms with Gasteiger partial charge in [-0.1, -0.05) is 6.07 Å². The van der Waals surface area contributed by atoms with Gasteiger partial charge >= 0.3 is 5.69 Å². The number of amides is 3. The first kappa shape index (κ1) is 39.5. The van der Waals surface area contributed by atoms with E-state index in [4.69, 9.17) is 9.84 Å². The number of fused-ring (bicyclic) bond motifs is 2. The van der Waals surface area contributed by atoms with Gasteiger partial charge in [0.25, 0.3) is 5.91 Å². The Morgan fingerprint density at radius 2 is 1.75 bits per heavy atom. The Morgan fingerprint density at radius 3 is 2.47 bits per heavy atom. The summed E-state index contributed by atoms with van der Waals surface area (Å²) in [5.74, 6) is 0.118. The summed E-state index contributed by atoms with van der Waals surface area (Å²) in [5, 5.41) is 20.4. The number of aryl methyl sites for hydroxylation is 2. The lowest BCUT2D eigenvalue weighted by molar-refractivity contribution is -0.135. The number of aromatic nitrogens is 5. The van der Waals surface area contributed by atoms with E-state index in [2.05, 4.69) is 49.3 Å². The van der Waals surface area contributed by atoms with Gasteiger partial charge in [-0.05, 0) is 113 Å². The first-order valence-corrected chi connectivity index (χ1v) is 21.3. The number of hydrogen-bond acceptors (Lipinski definition) is 10. The largest absolute Gasteiger partial charge is 0.494 e. The van der Waals surface area contributed by atoms with E-state index in [0.29, 0.717) is 46.4 Å². The normalized spacial score (nSPS) is 22.2. The van der Waals surface area contributed by atoms with E-state index in [1.807, 2.05) is 24.3 Å². The fraction of sp³-hybridized carbons (Fsp3) is 0.489. The van der Waals surface area contributed by atoms with Crippen molar-refractivity contribution in [3.63, 3.8) is 0 Å². The van der Waals surface area contributed by atoms with Crippen LogP contribution in [0.5, 0.6) is 5.75 Å². The van der Waals surface area contributed by atoms with Crippen LogP contribution in [0.25, 0.3) is 21.9 Å². The Bertz CT molecular complexity index is 2590. The molecular formula is C45H52N10O5. The molecule has 60 heavy (non-hydrogen) atoms. The van der Waals surface area contributed by atoms with Crippen LogP contribution in [0.3, 0.4) is 0 Å².